The first-order valence-electron chi connectivity index (χ1n) is 16.6. The molecule has 0 spiro atoms. The molecular formula is C33H60O8. The molecule has 0 aliphatic heterocycles. The molecule has 0 bridgehead atoms. The summed E-state index contributed by atoms with van der Waals surface area (Å²) in [5.74, 6) is -4.60. The number of aliphatic hydroxyl groups is 1. The van der Waals surface area contributed by atoms with Gasteiger partial charge in [0.05, 0.1) is 19.4 Å². The Morgan fingerprint density at radius 1 is 0.537 bits per heavy atom. The first-order chi connectivity index (χ1) is 19.7. The van der Waals surface area contributed by atoms with Gasteiger partial charge in [-0.25, -0.2) is 4.79 Å². The predicted molar refractivity (Wildman–Crippen MR) is 161 cm³/mol. The maximum Gasteiger partial charge on any atom is 0.339 e. The summed E-state index contributed by atoms with van der Waals surface area (Å²) in [6.07, 6.45) is 25.2. The Labute approximate surface area is 249 Å². The second-order valence-electron chi connectivity index (χ2n) is 11.6. The fourth-order valence-corrected chi connectivity index (χ4v) is 4.95. The number of carbonyl (C=O) groups is 4. The minimum atomic E-state index is -2.57. The van der Waals surface area contributed by atoms with Gasteiger partial charge < -0.3 is 19.7 Å². The third-order valence-electron chi connectivity index (χ3n) is 7.42. The number of esters is 3. The lowest BCUT2D eigenvalue weighted by atomic mass is 9.95. The van der Waals surface area contributed by atoms with Gasteiger partial charge in [0.1, 0.15) is 0 Å². The van der Waals surface area contributed by atoms with Crippen LogP contribution in [0.5, 0.6) is 0 Å². The fraction of sp³-hybridized carbons (Fsp3) is 0.879. The fourth-order valence-electron chi connectivity index (χ4n) is 4.95. The van der Waals surface area contributed by atoms with Crippen molar-refractivity contribution >= 4 is 23.9 Å². The van der Waals surface area contributed by atoms with E-state index in [0.717, 1.165) is 19.3 Å². The van der Waals surface area contributed by atoms with E-state index in [1.165, 1.54) is 109 Å². The number of ether oxygens (including phenoxy) is 2. The van der Waals surface area contributed by atoms with Gasteiger partial charge in [-0.3, -0.25) is 14.4 Å². The van der Waals surface area contributed by atoms with E-state index in [1.54, 1.807) is 6.92 Å². The molecule has 2 N–H and O–H groups in total. The van der Waals surface area contributed by atoms with Gasteiger partial charge in [0.15, 0.2) is 5.60 Å². The van der Waals surface area contributed by atoms with Gasteiger partial charge in [-0.2, -0.15) is 0 Å². The van der Waals surface area contributed by atoms with Crippen LogP contribution in [0.25, 0.3) is 0 Å². The van der Waals surface area contributed by atoms with Gasteiger partial charge >= 0.3 is 23.9 Å². The molecule has 0 heterocycles. The van der Waals surface area contributed by atoms with Crippen molar-refractivity contribution in [2.45, 2.75) is 180 Å². The van der Waals surface area contributed by atoms with Crippen LogP contribution in [0, 0.1) is 0 Å². The molecule has 0 saturated carbocycles. The third kappa shape index (κ3) is 24.4. The topological polar surface area (TPSA) is 127 Å². The first-order valence-corrected chi connectivity index (χ1v) is 16.6. The van der Waals surface area contributed by atoms with Gasteiger partial charge in [0.25, 0.3) is 0 Å². The van der Waals surface area contributed by atoms with Gasteiger partial charge in [-0.05, 0) is 12.8 Å². The summed E-state index contributed by atoms with van der Waals surface area (Å²) >= 11 is 0. The maximum atomic E-state index is 12.3. The largest absolute Gasteiger partial charge is 0.481 e. The van der Waals surface area contributed by atoms with E-state index in [9.17, 15) is 24.3 Å². The summed E-state index contributed by atoms with van der Waals surface area (Å²) in [6.45, 7) is 4.03. The second kappa shape index (κ2) is 26.9. The Morgan fingerprint density at radius 2 is 0.927 bits per heavy atom. The number of carboxylic acids is 1. The van der Waals surface area contributed by atoms with Gasteiger partial charge in [-0.15, -0.1) is 0 Å². The lowest BCUT2D eigenvalue weighted by molar-refractivity contribution is -0.178. The molecule has 0 rings (SSSR count). The average Bonchev–Trinajstić information content (AvgIpc) is 2.90. The van der Waals surface area contributed by atoms with Crippen molar-refractivity contribution in [3.05, 3.63) is 0 Å². The molecular weight excluding hydrogens is 524 g/mol. The molecule has 0 aliphatic rings. The van der Waals surface area contributed by atoms with Crippen LogP contribution in [0.2, 0.25) is 0 Å². The number of hydrogen-bond acceptors (Lipinski definition) is 7. The van der Waals surface area contributed by atoms with Crippen LogP contribution in [0.1, 0.15) is 174 Å². The van der Waals surface area contributed by atoms with Crippen LogP contribution in [0.15, 0.2) is 0 Å². The van der Waals surface area contributed by atoms with E-state index >= 15 is 0 Å². The number of hydrogen-bond donors (Lipinski definition) is 2. The molecule has 0 radical (unpaired) electrons. The van der Waals surface area contributed by atoms with E-state index in [1.807, 2.05) is 0 Å². The molecule has 0 saturated heterocycles. The van der Waals surface area contributed by atoms with Crippen LogP contribution in [0.4, 0.5) is 0 Å². The lowest BCUT2D eigenvalue weighted by Crippen LogP contribution is -2.44. The molecule has 240 valence electrons. The molecule has 1 unspecified atom stereocenters. The van der Waals surface area contributed by atoms with Crippen LogP contribution in [-0.4, -0.2) is 46.3 Å². The van der Waals surface area contributed by atoms with Crippen molar-refractivity contribution in [3.63, 3.8) is 0 Å². The highest BCUT2D eigenvalue weighted by Crippen LogP contribution is 2.20. The lowest BCUT2D eigenvalue weighted by Gasteiger charge is -2.23. The Hall–Kier alpha value is -1.96. The zero-order valence-electron chi connectivity index (χ0n) is 26.2. The Morgan fingerprint density at radius 3 is 1.29 bits per heavy atom. The summed E-state index contributed by atoms with van der Waals surface area (Å²) in [6, 6.07) is 0. The van der Waals surface area contributed by atoms with Crippen LogP contribution < -0.4 is 0 Å². The van der Waals surface area contributed by atoms with Crippen molar-refractivity contribution in [2.24, 2.45) is 0 Å². The average molecular weight is 585 g/mol. The van der Waals surface area contributed by atoms with Crippen LogP contribution >= 0.6 is 0 Å². The van der Waals surface area contributed by atoms with Gasteiger partial charge in [0, 0.05) is 6.42 Å². The zero-order valence-corrected chi connectivity index (χ0v) is 26.2. The molecule has 41 heavy (non-hydrogen) atoms. The van der Waals surface area contributed by atoms with Gasteiger partial charge in [0.2, 0.25) is 0 Å². The molecule has 0 fully saturated rings. The second-order valence-corrected chi connectivity index (χ2v) is 11.6. The van der Waals surface area contributed by atoms with Gasteiger partial charge in [-0.1, -0.05) is 142 Å². The molecule has 8 heteroatoms. The molecule has 0 aliphatic carbocycles. The highest BCUT2D eigenvalue weighted by Gasteiger charge is 2.43. The van der Waals surface area contributed by atoms with Crippen molar-refractivity contribution < 1.29 is 38.9 Å². The monoisotopic (exact) mass is 584 g/mol. The normalized spacial score (nSPS) is 12.6. The summed E-state index contributed by atoms with van der Waals surface area (Å²) in [5.41, 5.74) is -2.57. The van der Waals surface area contributed by atoms with Crippen molar-refractivity contribution in [2.75, 3.05) is 6.61 Å². The smallest absolute Gasteiger partial charge is 0.339 e. The number of rotatable bonds is 29. The highest BCUT2D eigenvalue weighted by atomic mass is 16.6. The number of carboxylic acid groups (broad SMARTS) is 1. The van der Waals surface area contributed by atoms with E-state index < -0.39 is 42.3 Å². The Kier molecular flexibility index (Phi) is 25.6. The standard InChI is InChI=1S/C33H60O8/c1-3-5-6-7-8-9-10-11-12-13-14-15-16-17-18-19-20-21-22-23-24-26-40-32(38)33(39,27-29(34)35)28-31(37)41-30(36)25-4-2/h39H,3-28H2,1-2H3,(H,34,35). The minimum Gasteiger partial charge on any atom is -0.481 e. The highest BCUT2D eigenvalue weighted by molar-refractivity contribution is 5.92. The molecule has 1 atom stereocenters. The number of carbonyl (C=O) groups excluding carboxylic acids is 3. The molecule has 0 aromatic rings. The van der Waals surface area contributed by atoms with E-state index in [0.29, 0.717) is 12.8 Å². The molecule has 0 aromatic carbocycles. The summed E-state index contributed by atoms with van der Waals surface area (Å²) in [7, 11) is 0. The minimum absolute atomic E-state index is 0.00697. The van der Waals surface area contributed by atoms with Crippen molar-refractivity contribution in [1.82, 2.24) is 0 Å². The number of unbranched alkanes of at least 4 members (excludes halogenated alkanes) is 20. The van der Waals surface area contributed by atoms with E-state index in [2.05, 4.69) is 11.7 Å². The predicted octanol–water partition coefficient (Wildman–Crippen LogP) is 8.21. The molecule has 0 amide bonds. The van der Waals surface area contributed by atoms with Crippen molar-refractivity contribution in [3.8, 4) is 0 Å². The quantitative estimate of drug-likeness (QED) is 0.0511. The molecule has 8 nitrogen and oxygen atoms in total. The molecule has 0 aromatic heterocycles. The maximum absolute atomic E-state index is 12.3. The van der Waals surface area contributed by atoms with E-state index in [4.69, 9.17) is 9.84 Å². The first kappa shape index (κ1) is 39.0. The number of aliphatic carboxylic acids is 1. The van der Waals surface area contributed by atoms with E-state index in [-0.39, 0.29) is 13.0 Å². The third-order valence-corrected chi connectivity index (χ3v) is 7.42. The summed E-state index contributed by atoms with van der Waals surface area (Å²) < 4.78 is 9.59. The summed E-state index contributed by atoms with van der Waals surface area (Å²) in [5, 5.41) is 19.5. The zero-order chi connectivity index (χ0) is 30.6. The Balaban J connectivity index is 3.71. The summed E-state index contributed by atoms with van der Waals surface area (Å²) in [4.78, 5) is 46.8. The van der Waals surface area contributed by atoms with Crippen LogP contribution in [-0.2, 0) is 28.7 Å². The Bertz CT molecular complexity index is 693. The SMILES string of the molecule is CCCCCCCCCCCCCCCCCCCCCCCOC(=O)C(O)(CC(=O)O)CC(=O)OC(=O)CCC. The van der Waals surface area contributed by atoms with Crippen LogP contribution in [0.3, 0.4) is 0 Å². The van der Waals surface area contributed by atoms with Crippen molar-refractivity contribution in [1.29, 1.82) is 0 Å².